The number of thiophene rings is 2. The highest BCUT2D eigenvalue weighted by molar-refractivity contribution is 7.16. The number of aromatic hydroxyl groups is 1. The summed E-state index contributed by atoms with van der Waals surface area (Å²) in [7, 11) is -0.0503. The lowest BCUT2D eigenvalue weighted by molar-refractivity contribution is -0.169. The maximum atomic E-state index is 13.6. The van der Waals surface area contributed by atoms with E-state index in [-0.39, 0.29) is 28.6 Å². The Hall–Kier alpha value is -3.93. The molecular weight excluding hydrogens is 872 g/mol. The zero-order valence-corrected chi connectivity index (χ0v) is 40.4. The van der Waals surface area contributed by atoms with Gasteiger partial charge in [-0.2, -0.15) is 0 Å². The first-order valence-corrected chi connectivity index (χ1v) is 27.1. The number of nitrogens with zero attached hydrogens (tertiary/aromatic N) is 4. The monoisotopic (exact) mass is 930 g/mol. The van der Waals surface area contributed by atoms with Crippen LogP contribution in [0.25, 0.3) is 21.9 Å². The number of carbonyl (C=O) groups excluding carboxylic acids is 1. The molecule has 2 aliphatic carbocycles. The fraction of sp³-hybridized carbons (Fsp3) is 0.489. The van der Waals surface area contributed by atoms with Crippen molar-refractivity contribution in [1.29, 1.82) is 0 Å². The summed E-state index contributed by atoms with van der Waals surface area (Å²) in [4.78, 5) is 32.0. The molecule has 0 bridgehead atoms. The molecular formula is C47H59ClN6O6S2Si. The fourth-order valence-electron chi connectivity index (χ4n) is 9.09. The Labute approximate surface area is 382 Å². The number of H-pyrrole nitrogens is 1. The van der Waals surface area contributed by atoms with Gasteiger partial charge < -0.3 is 34.6 Å². The number of halogens is 1. The first-order valence-electron chi connectivity index (χ1n) is 22.1. The molecule has 4 N–H and O–H groups in total. The van der Waals surface area contributed by atoms with Gasteiger partial charge in [0.1, 0.15) is 17.4 Å². The summed E-state index contributed by atoms with van der Waals surface area (Å²) < 4.78 is 15.7. The van der Waals surface area contributed by atoms with Crippen LogP contribution in [0.1, 0.15) is 97.4 Å². The molecule has 2 atom stereocenters. The Balaban J connectivity index is 0.885. The van der Waals surface area contributed by atoms with Crippen LogP contribution in [0.5, 0.6) is 5.75 Å². The van der Waals surface area contributed by atoms with Crippen LogP contribution in [0.4, 0.5) is 0 Å². The topological polar surface area (TPSA) is 155 Å². The van der Waals surface area contributed by atoms with Crippen LogP contribution < -0.4 is 10.9 Å². The number of pyridine rings is 1. The average Bonchev–Trinajstić information content (AvgIpc) is 4.09. The van der Waals surface area contributed by atoms with Gasteiger partial charge in [-0.15, -0.1) is 27.8 Å². The smallest absolute Gasteiger partial charge is 0.349 e. The van der Waals surface area contributed by atoms with E-state index in [1.807, 2.05) is 17.5 Å². The number of aromatic nitrogens is 4. The van der Waals surface area contributed by atoms with Gasteiger partial charge in [-0.05, 0) is 147 Å². The quantitative estimate of drug-likeness (QED) is 0.0546. The van der Waals surface area contributed by atoms with E-state index in [9.17, 15) is 19.8 Å². The summed E-state index contributed by atoms with van der Waals surface area (Å²) in [5.74, 6) is -0.604. The van der Waals surface area contributed by atoms with Crippen LogP contribution in [0.15, 0.2) is 64.8 Å². The van der Waals surface area contributed by atoms with Gasteiger partial charge in [0.05, 0.1) is 31.2 Å². The van der Waals surface area contributed by atoms with E-state index in [0.29, 0.717) is 38.7 Å². The zero-order chi connectivity index (χ0) is 44.7. The van der Waals surface area contributed by atoms with Crippen LogP contribution in [-0.2, 0) is 45.5 Å². The van der Waals surface area contributed by atoms with Crippen molar-refractivity contribution >= 4 is 70.5 Å². The number of phenols is 1. The van der Waals surface area contributed by atoms with Crippen molar-refractivity contribution in [2.24, 2.45) is 0 Å². The maximum absolute atomic E-state index is 13.6. The van der Waals surface area contributed by atoms with E-state index in [2.05, 4.69) is 77.2 Å². The van der Waals surface area contributed by atoms with Crippen molar-refractivity contribution in [1.82, 2.24) is 30.2 Å². The number of aryl methyl sites for hydroxylation is 2. The number of phenolic OH excluding ortho intramolecular Hbond substituents is 1. The minimum Gasteiger partial charge on any atom is -0.506 e. The fourth-order valence-corrected chi connectivity index (χ4v) is 12.4. The highest BCUT2D eigenvalue weighted by atomic mass is 35.5. The van der Waals surface area contributed by atoms with Gasteiger partial charge >= 0.3 is 5.97 Å². The van der Waals surface area contributed by atoms with Gasteiger partial charge in [0.15, 0.2) is 8.32 Å². The number of esters is 1. The Morgan fingerprint density at radius 3 is 2.57 bits per heavy atom. The summed E-state index contributed by atoms with van der Waals surface area (Å²) in [6.07, 6.45) is 6.77. The van der Waals surface area contributed by atoms with E-state index in [4.69, 9.17) is 20.8 Å². The van der Waals surface area contributed by atoms with Gasteiger partial charge in [-0.1, -0.05) is 49.7 Å². The first kappa shape index (κ1) is 45.6. The molecule has 1 fully saturated rings. The summed E-state index contributed by atoms with van der Waals surface area (Å²) >= 11 is 8.72. The molecule has 6 aromatic rings. The molecule has 0 amide bonds. The van der Waals surface area contributed by atoms with Crippen LogP contribution in [0.2, 0.25) is 22.5 Å². The second-order valence-corrected chi connectivity index (χ2v) is 26.2. The number of rotatable bonds is 16. The number of hydrogen-bond acceptors (Lipinski definition) is 12. The van der Waals surface area contributed by atoms with E-state index in [0.717, 1.165) is 86.4 Å². The van der Waals surface area contributed by atoms with Gasteiger partial charge in [0.25, 0.3) is 0 Å². The Bertz CT molecular complexity index is 2630. The van der Waals surface area contributed by atoms with Gasteiger partial charge in [0.2, 0.25) is 11.2 Å². The average molecular weight is 932 g/mol. The van der Waals surface area contributed by atoms with E-state index < -0.39 is 19.9 Å². The number of ether oxygens (including phenoxy) is 1. The standard InChI is InChI=1S/C47H59ClN6O6S2Si/c1-46(2,3)63(5,6)60-38(33-17-19-37(55)43-34(33)18-22-42(56)50-43)28-49-27-29-26-36-44(35-11-7-10-32(29)35)54(52-51-36)24-9-23-53(4)30-13-15-31(16-14-30)59-45(57)47(58,39-12-8-25-61-39)40-20-21-41(48)62-40/h8,12,17-22,25-26,30-31,38,49,55,58H,7,9-11,13-16,23-24,27-28H2,1-6H3,(H,50,56)/t30?,31?,38?,47-/m0/s1. The number of aromatic amines is 1. The molecule has 336 valence electrons. The Morgan fingerprint density at radius 2 is 1.86 bits per heavy atom. The zero-order valence-electron chi connectivity index (χ0n) is 37.0. The molecule has 0 spiro atoms. The summed E-state index contributed by atoms with van der Waals surface area (Å²) in [6, 6.07) is 16.4. The lowest BCUT2D eigenvalue weighted by atomic mass is 9.91. The lowest BCUT2D eigenvalue weighted by Crippen LogP contribution is -2.43. The van der Waals surface area contributed by atoms with Crippen LogP contribution in [0, 0.1) is 0 Å². The molecule has 1 unspecified atom stereocenters. The van der Waals surface area contributed by atoms with Crippen LogP contribution in [-0.4, -0.2) is 81.7 Å². The van der Waals surface area contributed by atoms with Crippen molar-refractivity contribution in [2.75, 3.05) is 20.1 Å². The third-order valence-electron chi connectivity index (χ3n) is 13.6. The molecule has 63 heavy (non-hydrogen) atoms. The number of nitrogens with one attached hydrogen (secondary N) is 2. The summed E-state index contributed by atoms with van der Waals surface area (Å²) in [5.41, 5.74) is 5.26. The Morgan fingerprint density at radius 1 is 1.08 bits per heavy atom. The van der Waals surface area contributed by atoms with Crippen LogP contribution in [0.3, 0.4) is 0 Å². The van der Waals surface area contributed by atoms with Gasteiger partial charge in [0, 0.05) is 37.1 Å². The molecule has 0 aliphatic heterocycles. The predicted molar refractivity (Wildman–Crippen MR) is 255 cm³/mol. The second-order valence-electron chi connectivity index (χ2n) is 18.8. The van der Waals surface area contributed by atoms with E-state index in [1.165, 1.54) is 45.4 Å². The molecule has 2 aliphatic rings. The third-order valence-corrected chi connectivity index (χ3v) is 20.4. The molecule has 12 nitrogen and oxygen atoms in total. The van der Waals surface area contributed by atoms with E-state index >= 15 is 0 Å². The highest BCUT2D eigenvalue weighted by Crippen LogP contribution is 2.43. The molecule has 4 heterocycles. The minimum absolute atomic E-state index is 0.0152. The number of benzene rings is 2. The molecule has 2 aromatic carbocycles. The Kier molecular flexibility index (Phi) is 13.4. The SMILES string of the molecule is CN(CCCn1nnc2cc(CNCC(O[Si](C)(C)C(C)(C)C)c3ccc(O)c4[nH]c(=O)ccc34)c3c(c21)CCC3)C1CCC(OC(=O)[C@](O)(c2cccs2)c2ccc(Cl)s2)CC1. The lowest BCUT2D eigenvalue weighted by Gasteiger charge is -2.39. The van der Waals surface area contributed by atoms with Gasteiger partial charge in [-0.25, -0.2) is 9.48 Å². The predicted octanol–water partition coefficient (Wildman–Crippen LogP) is 9.21. The highest BCUT2D eigenvalue weighted by Gasteiger charge is 2.45. The number of hydrogen-bond donors (Lipinski definition) is 4. The molecule has 8 rings (SSSR count). The van der Waals surface area contributed by atoms with Crippen molar-refractivity contribution in [3.05, 3.63) is 107 Å². The summed E-state index contributed by atoms with van der Waals surface area (Å²) in [5, 5.41) is 38.1. The molecule has 1 saturated carbocycles. The molecule has 0 saturated heterocycles. The van der Waals surface area contributed by atoms with Crippen LogP contribution >= 0.6 is 34.3 Å². The van der Waals surface area contributed by atoms with Gasteiger partial charge in [-0.3, -0.25) is 4.79 Å². The number of aliphatic hydroxyl groups is 1. The maximum Gasteiger partial charge on any atom is 0.349 e. The molecule has 16 heteroatoms. The van der Waals surface area contributed by atoms with Crippen molar-refractivity contribution in [2.45, 2.75) is 127 Å². The largest absolute Gasteiger partial charge is 0.506 e. The van der Waals surface area contributed by atoms with E-state index in [1.54, 1.807) is 30.3 Å². The van der Waals surface area contributed by atoms with Crippen molar-refractivity contribution < 1.29 is 24.2 Å². The van der Waals surface area contributed by atoms with Crippen molar-refractivity contribution in [3.8, 4) is 5.75 Å². The number of carbonyl (C=O) groups is 1. The number of fused-ring (bicyclic) bond motifs is 4. The first-order chi connectivity index (χ1) is 30.0. The molecule has 0 radical (unpaired) electrons. The normalized spacial score (nSPS) is 18.6. The third kappa shape index (κ3) is 9.44. The molecule has 4 aromatic heterocycles. The summed E-state index contributed by atoms with van der Waals surface area (Å²) in [6.45, 7) is 14.1. The van der Waals surface area contributed by atoms with Crippen molar-refractivity contribution in [3.63, 3.8) is 0 Å². The second kappa shape index (κ2) is 18.5. The minimum atomic E-state index is -2.23.